The highest BCUT2D eigenvalue weighted by atomic mass is 35.5. The minimum absolute atomic E-state index is 0.268. The largest absolute Gasteiger partial charge is 0.449 e. The van der Waals surface area contributed by atoms with E-state index in [0.717, 1.165) is 0 Å². The van der Waals surface area contributed by atoms with E-state index >= 15 is 0 Å². The molecule has 0 aliphatic heterocycles. The molecule has 0 saturated heterocycles. The Labute approximate surface area is 115 Å². The molecule has 0 saturated carbocycles. The molecule has 2 N–H and O–H groups in total. The van der Waals surface area contributed by atoms with E-state index < -0.39 is 24.0 Å². The molecular formula is C12H13ClN2O4. The number of amides is 3. The third kappa shape index (κ3) is 4.59. The van der Waals surface area contributed by atoms with E-state index in [4.69, 9.17) is 16.3 Å². The SMILES string of the molecule is CNC(=O)NC(=O)[C@@H](C)OC(=O)c1ccc(Cl)cc1. The summed E-state index contributed by atoms with van der Waals surface area (Å²) in [6, 6.07) is 5.36. The van der Waals surface area contributed by atoms with E-state index in [-0.39, 0.29) is 5.56 Å². The van der Waals surface area contributed by atoms with Gasteiger partial charge in [0.2, 0.25) is 0 Å². The van der Waals surface area contributed by atoms with Gasteiger partial charge in [-0.1, -0.05) is 11.6 Å². The average molecular weight is 285 g/mol. The number of hydrogen-bond donors (Lipinski definition) is 2. The van der Waals surface area contributed by atoms with E-state index in [1.807, 2.05) is 5.32 Å². The first-order valence-corrected chi connectivity index (χ1v) is 5.81. The van der Waals surface area contributed by atoms with Crippen LogP contribution in [0.25, 0.3) is 0 Å². The minimum Gasteiger partial charge on any atom is -0.449 e. The van der Waals surface area contributed by atoms with E-state index in [2.05, 4.69) is 5.32 Å². The van der Waals surface area contributed by atoms with Gasteiger partial charge < -0.3 is 10.1 Å². The van der Waals surface area contributed by atoms with Crippen LogP contribution in [0.2, 0.25) is 5.02 Å². The maximum Gasteiger partial charge on any atom is 0.338 e. The summed E-state index contributed by atoms with van der Waals surface area (Å²) < 4.78 is 4.91. The zero-order valence-electron chi connectivity index (χ0n) is 10.4. The van der Waals surface area contributed by atoms with Gasteiger partial charge in [-0.25, -0.2) is 9.59 Å². The Morgan fingerprint density at radius 3 is 2.32 bits per heavy atom. The van der Waals surface area contributed by atoms with Crippen molar-refractivity contribution >= 4 is 29.5 Å². The molecule has 0 bridgehead atoms. The Morgan fingerprint density at radius 1 is 1.21 bits per heavy atom. The first-order valence-electron chi connectivity index (χ1n) is 5.43. The van der Waals surface area contributed by atoms with E-state index in [9.17, 15) is 14.4 Å². The summed E-state index contributed by atoms with van der Waals surface area (Å²) in [5.41, 5.74) is 0.268. The summed E-state index contributed by atoms with van der Waals surface area (Å²) in [5, 5.41) is 4.71. The number of rotatable bonds is 3. The van der Waals surface area contributed by atoms with Gasteiger partial charge in [0.05, 0.1) is 5.56 Å². The quantitative estimate of drug-likeness (QED) is 0.820. The minimum atomic E-state index is -1.08. The summed E-state index contributed by atoms with van der Waals surface area (Å²) in [5.74, 6) is -1.38. The second kappa shape index (κ2) is 6.75. The molecule has 6 nitrogen and oxygen atoms in total. The monoisotopic (exact) mass is 284 g/mol. The van der Waals surface area contributed by atoms with Crippen molar-refractivity contribution in [3.63, 3.8) is 0 Å². The van der Waals surface area contributed by atoms with Crippen LogP contribution in [-0.4, -0.2) is 31.1 Å². The van der Waals surface area contributed by atoms with Crippen molar-refractivity contribution in [3.8, 4) is 0 Å². The van der Waals surface area contributed by atoms with Crippen LogP contribution >= 0.6 is 11.6 Å². The number of carbonyl (C=O) groups is 3. The molecular weight excluding hydrogens is 272 g/mol. The molecule has 1 rings (SSSR count). The number of imide groups is 1. The van der Waals surface area contributed by atoms with Gasteiger partial charge in [0.25, 0.3) is 5.91 Å². The number of nitrogens with one attached hydrogen (secondary N) is 2. The highest BCUT2D eigenvalue weighted by Gasteiger charge is 2.20. The van der Waals surface area contributed by atoms with Gasteiger partial charge in [-0.05, 0) is 31.2 Å². The Balaban J connectivity index is 2.59. The van der Waals surface area contributed by atoms with Gasteiger partial charge in [-0.2, -0.15) is 0 Å². The standard InChI is InChI=1S/C12H13ClN2O4/c1-7(10(16)15-12(18)14-2)19-11(17)8-3-5-9(13)6-4-8/h3-7H,1-2H3,(H2,14,15,16,18)/t7-/m1/s1. The molecule has 0 aliphatic rings. The number of halogens is 1. The highest BCUT2D eigenvalue weighted by molar-refractivity contribution is 6.30. The van der Waals surface area contributed by atoms with Crippen molar-refractivity contribution in [2.45, 2.75) is 13.0 Å². The maximum atomic E-state index is 11.7. The van der Waals surface area contributed by atoms with Crippen LogP contribution in [-0.2, 0) is 9.53 Å². The zero-order chi connectivity index (χ0) is 14.4. The van der Waals surface area contributed by atoms with Crippen molar-refractivity contribution in [2.24, 2.45) is 0 Å². The molecule has 102 valence electrons. The number of ether oxygens (including phenoxy) is 1. The molecule has 19 heavy (non-hydrogen) atoms. The fraction of sp³-hybridized carbons (Fsp3) is 0.250. The third-order valence-electron chi connectivity index (χ3n) is 2.20. The van der Waals surface area contributed by atoms with Crippen LogP contribution in [0.5, 0.6) is 0 Å². The van der Waals surface area contributed by atoms with Crippen LogP contribution in [0, 0.1) is 0 Å². The summed E-state index contributed by atoms with van der Waals surface area (Å²) in [6.45, 7) is 1.37. The summed E-state index contributed by atoms with van der Waals surface area (Å²) in [6.07, 6.45) is -1.08. The van der Waals surface area contributed by atoms with Gasteiger partial charge in [-0.15, -0.1) is 0 Å². The average Bonchev–Trinajstić information content (AvgIpc) is 2.38. The summed E-state index contributed by atoms with van der Waals surface area (Å²) >= 11 is 5.69. The predicted octanol–water partition coefficient (Wildman–Crippen LogP) is 1.34. The number of benzene rings is 1. The molecule has 1 aromatic carbocycles. The Bertz CT molecular complexity index is 487. The zero-order valence-corrected chi connectivity index (χ0v) is 11.2. The Kier molecular flexibility index (Phi) is 5.32. The first-order chi connectivity index (χ1) is 8.93. The fourth-order valence-electron chi connectivity index (χ4n) is 1.14. The van der Waals surface area contributed by atoms with Gasteiger partial charge in [0.1, 0.15) is 0 Å². The van der Waals surface area contributed by atoms with Crippen molar-refractivity contribution in [2.75, 3.05) is 7.05 Å². The van der Waals surface area contributed by atoms with Crippen LogP contribution in [0.4, 0.5) is 4.79 Å². The molecule has 0 radical (unpaired) electrons. The summed E-state index contributed by atoms with van der Waals surface area (Å²) in [7, 11) is 1.37. The van der Waals surface area contributed by atoms with Crippen molar-refractivity contribution in [1.29, 1.82) is 0 Å². The van der Waals surface area contributed by atoms with Crippen LogP contribution in [0.3, 0.4) is 0 Å². The van der Waals surface area contributed by atoms with E-state index in [1.54, 1.807) is 0 Å². The highest BCUT2D eigenvalue weighted by Crippen LogP contribution is 2.11. The van der Waals surface area contributed by atoms with E-state index in [1.165, 1.54) is 38.2 Å². The number of carbonyl (C=O) groups excluding carboxylic acids is 3. The molecule has 0 aromatic heterocycles. The number of hydrogen-bond acceptors (Lipinski definition) is 4. The molecule has 1 atom stereocenters. The maximum absolute atomic E-state index is 11.7. The first kappa shape index (κ1) is 15.0. The summed E-state index contributed by atoms with van der Waals surface area (Å²) in [4.78, 5) is 34.1. The molecule has 0 spiro atoms. The van der Waals surface area contributed by atoms with Crippen LogP contribution < -0.4 is 10.6 Å². The Morgan fingerprint density at radius 2 is 1.79 bits per heavy atom. The number of esters is 1. The molecule has 0 unspecified atom stereocenters. The molecule has 0 heterocycles. The third-order valence-corrected chi connectivity index (χ3v) is 2.45. The van der Waals surface area contributed by atoms with Crippen molar-refractivity contribution in [3.05, 3.63) is 34.9 Å². The normalized spacial score (nSPS) is 11.3. The molecule has 0 aliphatic carbocycles. The second-order valence-corrected chi connectivity index (χ2v) is 4.06. The topological polar surface area (TPSA) is 84.5 Å². The molecule has 1 aromatic rings. The van der Waals surface area contributed by atoms with Gasteiger partial charge >= 0.3 is 12.0 Å². The van der Waals surface area contributed by atoms with Crippen LogP contribution in [0.1, 0.15) is 17.3 Å². The molecule has 7 heteroatoms. The smallest absolute Gasteiger partial charge is 0.338 e. The second-order valence-electron chi connectivity index (χ2n) is 3.62. The van der Waals surface area contributed by atoms with Crippen molar-refractivity contribution in [1.82, 2.24) is 10.6 Å². The fourth-order valence-corrected chi connectivity index (χ4v) is 1.27. The molecule has 0 fully saturated rings. The van der Waals surface area contributed by atoms with Gasteiger partial charge in [0.15, 0.2) is 6.10 Å². The molecule has 3 amide bonds. The van der Waals surface area contributed by atoms with Gasteiger partial charge in [-0.3, -0.25) is 10.1 Å². The van der Waals surface area contributed by atoms with E-state index in [0.29, 0.717) is 5.02 Å². The predicted molar refractivity (Wildman–Crippen MR) is 68.9 cm³/mol. The van der Waals surface area contributed by atoms with Gasteiger partial charge in [0, 0.05) is 12.1 Å². The van der Waals surface area contributed by atoms with Crippen LogP contribution in [0.15, 0.2) is 24.3 Å². The lowest BCUT2D eigenvalue weighted by Gasteiger charge is -2.12. The Hall–Kier alpha value is -2.08. The van der Waals surface area contributed by atoms with Crippen molar-refractivity contribution < 1.29 is 19.1 Å². The lowest BCUT2D eigenvalue weighted by Crippen LogP contribution is -2.43. The lowest BCUT2D eigenvalue weighted by molar-refractivity contribution is -0.127. The lowest BCUT2D eigenvalue weighted by atomic mass is 10.2. The number of urea groups is 1.